The van der Waals surface area contributed by atoms with Gasteiger partial charge in [0.2, 0.25) is 0 Å². The van der Waals surface area contributed by atoms with Gasteiger partial charge in [-0.15, -0.1) is 0 Å². The van der Waals surface area contributed by atoms with Crippen molar-refractivity contribution in [3.05, 3.63) is 0 Å². The highest BCUT2D eigenvalue weighted by atomic mass is 127. The molecule has 0 saturated carbocycles. The van der Waals surface area contributed by atoms with E-state index in [1.54, 1.807) is 0 Å². The third kappa shape index (κ3) is 3.35. The Labute approximate surface area is 110 Å². The Morgan fingerprint density at radius 1 is 0.722 bits per heavy atom. The number of hydrogen-bond acceptors (Lipinski definition) is 0. The molecule has 0 bridgehead atoms. The number of halogens is 10. The van der Waals surface area contributed by atoms with E-state index in [9.17, 15) is 39.5 Å². The van der Waals surface area contributed by atoms with Crippen molar-refractivity contribution in [1.82, 2.24) is 0 Å². The van der Waals surface area contributed by atoms with Crippen molar-refractivity contribution >= 4 is 22.6 Å². The second-order valence-electron chi connectivity index (χ2n) is 4.25. The molecule has 0 aliphatic heterocycles. The summed E-state index contributed by atoms with van der Waals surface area (Å²) in [6.45, 7) is 2.01. The molecular formula is C8H8F9I. The molecule has 0 aliphatic rings. The van der Waals surface area contributed by atoms with Gasteiger partial charge in [0.1, 0.15) is 0 Å². The van der Waals surface area contributed by atoms with Crippen LogP contribution in [0.2, 0.25) is 0 Å². The van der Waals surface area contributed by atoms with Crippen LogP contribution in [0.4, 0.5) is 39.5 Å². The Morgan fingerprint density at radius 2 is 1.06 bits per heavy atom. The summed E-state index contributed by atoms with van der Waals surface area (Å²) in [6.07, 6.45) is -8.57. The van der Waals surface area contributed by atoms with E-state index in [1.165, 1.54) is 22.6 Å². The van der Waals surface area contributed by atoms with E-state index in [0.717, 1.165) is 13.8 Å². The van der Waals surface area contributed by atoms with E-state index >= 15 is 0 Å². The minimum absolute atomic E-state index is 1.00. The lowest BCUT2D eigenvalue weighted by molar-refractivity contribution is -0.397. The monoisotopic (exact) mass is 402 g/mol. The lowest BCUT2D eigenvalue weighted by atomic mass is 9.95. The topological polar surface area (TPSA) is 0 Å². The molecule has 0 N–H and O–H groups in total. The van der Waals surface area contributed by atoms with Crippen molar-refractivity contribution in [2.75, 3.05) is 0 Å². The minimum Gasteiger partial charge on any atom is -0.200 e. The molecule has 0 aromatic heterocycles. The number of hydrogen-bond donors (Lipinski definition) is 0. The van der Waals surface area contributed by atoms with Crippen LogP contribution in [0.1, 0.15) is 20.3 Å². The smallest absolute Gasteiger partial charge is 0.200 e. The van der Waals surface area contributed by atoms with Gasteiger partial charge in [-0.25, -0.2) is 0 Å². The highest BCUT2D eigenvalue weighted by Crippen LogP contribution is 2.55. The fraction of sp³-hybridized carbons (Fsp3) is 1.00. The molecule has 0 atom stereocenters. The zero-order valence-corrected chi connectivity index (χ0v) is 11.1. The first-order chi connectivity index (χ1) is 7.46. The maximum atomic E-state index is 13.0. The van der Waals surface area contributed by atoms with Crippen LogP contribution in [0.25, 0.3) is 0 Å². The summed E-state index contributed by atoms with van der Waals surface area (Å²) in [5.74, 6) is -18.8. The molecule has 0 aliphatic carbocycles. The average molecular weight is 402 g/mol. The third-order valence-corrected chi connectivity index (χ3v) is 2.23. The molecule has 0 rings (SSSR count). The lowest BCUT2D eigenvalue weighted by Crippen LogP contribution is -2.61. The van der Waals surface area contributed by atoms with Gasteiger partial charge in [0.15, 0.2) is 0 Å². The van der Waals surface area contributed by atoms with Crippen molar-refractivity contribution in [3.8, 4) is 0 Å². The normalized spacial score (nSPS) is 16.0. The molecular weight excluding hydrogens is 394 g/mol. The molecule has 0 spiro atoms. The fourth-order valence-corrected chi connectivity index (χ4v) is 1.53. The van der Waals surface area contributed by atoms with Crippen molar-refractivity contribution in [3.63, 3.8) is 0 Å². The van der Waals surface area contributed by atoms with Crippen LogP contribution in [0, 0.1) is 0 Å². The van der Waals surface area contributed by atoms with Crippen LogP contribution < -0.4 is 0 Å². The molecule has 0 radical (unpaired) electrons. The van der Waals surface area contributed by atoms with E-state index in [1.807, 2.05) is 0 Å². The Balaban J connectivity index is 5.50. The second kappa shape index (κ2) is 4.58. The van der Waals surface area contributed by atoms with Crippen LogP contribution in [-0.4, -0.2) is 27.4 Å². The van der Waals surface area contributed by atoms with Crippen LogP contribution in [0.5, 0.6) is 0 Å². The molecule has 0 nitrogen and oxygen atoms in total. The largest absolute Gasteiger partial charge is 0.460 e. The lowest BCUT2D eigenvalue weighted by Gasteiger charge is -2.35. The summed E-state index contributed by atoms with van der Waals surface area (Å²) in [5, 5.41) is 0. The quantitative estimate of drug-likeness (QED) is 0.351. The van der Waals surface area contributed by atoms with E-state index in [0.29, 0.717) is 0 Å². The maximum Gasteiger partial charge on any atom is 0.460 e. The first kappa shape index (κ1) is 18.1. The van der Waals surface area contributed by atoms with Crippen molar-refractivity contribution in [2.24, 2.45) is 0 Å². The van der Waals surface area contributed by atoms with Gasteiger partial charge in [-0.2, -0.15) is 39.5 Å². The predicted molar refractivity (Wildman–Crippen MR) is 53.6 cm³/mol. The number of rotatable bonds is 4. The summed E-state index contributed by atoms with van der Waals surface area (Å²) >= 11 is 1.25. The molecule has 18 heavy (non-hydrogen) atoms. The van der Waals surface area contributed by atoms with Gasteiger partial charge >= 0.3 is 23.9 Å². The molecule has 0 fully saturated rings. The van der Waals surface area contributed by atoms with Crippen LogP contribution in [-0.2, 0) is 0 Å². The summed E-state index contributed by atoms with van der Waals surface area (Å²) in [4.78, 5) is 0. The molecule has 0 saturated heterocycles. The Morgan fingerprint density at radius 3 is 1.28 bits per heavy atom. The van der Waals surface area contributed by atoms with Gasteiger partial charge in [-0.1, -0.05) is 36.4 Å². The summed E-state index contributed by atoms with van der Waals surface area (Å²) in [5.41, 5.74) is 0. The summed E-state index contributed by atoms with van der Waals surface area (Å²) < 4.78 is 110. The SMILES string of the molecule is CC(C)(I)CC(F)(F)C(F)(F)C(F)(F)C(F)(F)F. The zero-order chi connectivity index (χ0) is 15.2. The third-order valence-electron chi connectivity index (χ3n) is 1.85. The Bertz CT molecular complexity index is 299. The first-order valence-corrected chi connectivity index (χ1v) is 5.43. The fourth-order valence-electron chi connectivity index (χ4n) is 1.05. The van der Waals surface area contributed by atoms with E-state index in [2.05, 4.69) is 0 Å². The standard InChI is InChI=1S/C8H8F9I/c1-4(2,18)3-5(9,10)6(11,12)7(13,14)8(15,16)17/h3H2,1-2H3. The van der Waals surface area contributed by atoms with Crippen molar-refractivity contribution < 1.29 is 39.5 Å². The predicted octanol–water partition coefficient (Wildman–Crippen LogP) is 5.06. The molecule has 110 valence electrons. The van der Waals surface area contributed by atoms with Crippen LogP contribution >= 0.6 is 22.6 Å². The molecule has 0 aromatic carbocycles. The zero-order valence-electron chi connectivity index (χ0n) is 8.99. The number of alkyl halides is 10. The van der Waals surface area contributed by atoms with Crippen molar-refractivity contribution in [2.45, 2.75) is 47.6 Å². The maximum absolute atomic E-state index is 13.0. The average Bonchev–Trinajstić information content (AvgIpc) is 1.95. The first-order valence-electron chi connectivity index (χ1n) is 4.35. The van der Waals surface area contributed by atoms with E-state index in [4.69, 9.17) is 0 Å². The minimum atomic E-state index is -6.80. The molecule has 0 aromatic rings. The molecule has 0 amide bonds. The molecule has 10 heteroatoms. The van der Waals surface area contributed by atoms with Gasteiger partial charge in [-0.05, 0) is 0 Å². The van der Waals surface area contributed by atoms with E-state index < -0.39 is 33.8 Å². The van der Waals surface area contributed by atoms with Crippen molar-refractivity contribution in [1.29, 1.82) is 0 Å². The van der Waals surface area contributed by atoms with Crippen LogP contribution in [0.3, 0.4) is 0 Å². The van der Waals surface area contributed by atoms with Gasteiger partial charge in [0.25, 0.3) is 0 Å². The van der Waals surface area contributed by atoms with Gasteiger partial charge in [0.05, 0.1) is 0 Å². The molecule has 0 heterocycles. The highest BCUT2D eigenvalue weighted by molar-refractivity contribution is 14.1. The van der Waals surface area contributed by atoms with Gasteiger partial charge < -0.3 is 0 Å². The van der Waals surface area contributed by atoms with Gasteiger partial charge in [-0.3, -0.25) is 0 Å². The van der Waals surface area contributed by atoms with Gasteiger partial charge in [0, 0.05) is 9.84 Å². The second-order valence-corrected chi connectivity index (χ2v) is 7.17. The Kier molecular flexibility index (Phi) is 4.61. The Hall–Kier alpha value is 0.1000. The molecule has 0 unspecified atom stereocenters. The van der Waals surface area contributed by atoms with Crippen LogP contribution in [0.15, 0.2) is 0 Å². The van der Waals surface area contributed by atoms with E-state index in [-0.39, 0.29) is 0 Å². The summed E-state index contributed by atoms with van der Waals surface area (Å²) in [7, 11) is 0. The highest BCUT2D eigenvalue weighted by Gasteiger charge is 2.81. The summed E-state index contributed by atoms with van der Waals surface area (Å²) in [6, 6.07) is 0.